The van der Waals surface area contributed by atoms with Crippen molar-refractivity contribution in [2.45, 2.75) is 13.5 Å². The molecule has 1 aromatic carbocycles. The lowest BCUT2D eigenvalue weighted by molar-refractivity contribution is 0.269. The summed E-state index contributed by atoms with van der Waals surface area (Å²) in [5.74, 6) is 0.654. The van der Waals surface area contributed by atoms with Crippen molar-refractivity contribution in [2.75, 3.05) is 6.61 Å². The number of benzene rings is 1. The van der Waals surface area contributed by atoms with Gasteiger partial charge in [-0.25, -0.2) is 0 Å². The van der Waals surface area contributed by atoms with E-state index in [0.717, 1.165) is 0 Å². The van der Waals surface area contributed by atoms with E-state index in [9.17, 15) is 0 Å². The highest BCUT2D eigenvalue weighted by atomic mass is 35.5. The van der Waals surface area contributed by atoms with Crippen molar-refractivity contribution in [3.63, 3.8) is 0 Å². The molecule has 0 saturated carbocycles. The van der Waals surface area contributed by atoms with Gasteiger partial charge in [0.2, 0.25) is 0 Å². The molecule has 82 valence electrons. The predicted octanol–water partition coefficient (Wildman–Crippen LogP) is 3.55. The zero-order valence-electron chi connectivity index (χ0n) is 9.00. The predicted molar refractivity (Wildman–Crippen MR) is 65.5 cm³/mol. The van der Waals surface area contributed by atoms with Crippen LogP contribution in [-0.4, -0.2) is 15.2 Å². The third-order valence-corrected chi connectivity index (χ3v) is 4.49. The Morgan fingerprint density at radius 1 is 1.47 bits per heavy atom. The van der Waals surface area contributed by atoms with Crippen molar-refractivity contribution < 1.29 is 8.85 Å². The van der Waals surface area contributed by atoms with E-state index in [2.05, 4.69) is 6.58 Å². The van der Waals surface area contributed by atoms with Crippen LogP contribution in [0.4, 0.5) is 0 Å². The van der Waals surface area contributed by atoms with E-state index in [-0.39, 0.29) is 0 Å². The second-order valence-electron chi connectivity index (χ2n) is 3.19. The summed E-state index contributed by atoms with van der Waals surface area (Å²) >= 11 is 5.99. The van der Waals surface area contributed by atoms with Gasteiger partial charge in [-0.05, 0) is 31.3 Å². The van der Waals surface area contributed by atoms with Crippen molar-refractivity contribution in [1.82, 2.24) is 0 Å². The molecule has 0 aromatic heterocycles. The number of hydrogen-bond acceptors (Lipinski definition) is 2. The molecule has 1 unspecified atom stereocenters. The lowest BCUT2D eigenvalue weighted by Gasteiger charge is -2.24. The molecule has 0 aliphatic heterocycles. The number of para-hydroxylation sites is 1. The van der Waals surface area contributed by atoms with Gasteiger partial charge in [0.15, 0.2) is 0 Å². The summed E-state index contributed by atoms with van der Waals surface area (Å²) in [5.41, 5.74) is 1.75. The summed E-state index contributed by atoms with van der Waals surface area (Å²) in [6, 6.07) is 7.37. The van der Waals surface area contributed by atoms with Crippen molar-refractivity contribution in [3.8, 4) is 5.75 Å². The Balaban J connectivity index is 2.83. The van der Waals surface area contributed by atoms with Crippen molar-refractivity contribution in [1.29, 1.82) is 0 Å². The van der Waals surface area contributed by atoms with Crippen LogP contribution < -0.4 is 4.43 Å². The lowest BCUT2D eigenvalue weighted by Crippen LogP contribution is -2.40. The maximum atomic E-state index is 5.99. The van der Waals surface area contributed by atoms with Gasteiger partial charge in [-0.3, -0.25) is 0 Å². The van der Waals surface area contributed by atoms with Gasteiger partial charge in [-0.1, -0.05) is 23.7 Å². The van der Waals surface area contributed by atoms with E-state index in [1.54, 1.807) is 11.8 Å². The van der Waals surface area contributed by atoms with Crippen molar-refractivity contribution in [2.24, 2.45) is 0 Å². The fraction of sp³-hybridized carbons (Fsp3) is 0.273. The maximum absolute atomic E-state index is 5.99. The van der Waals surface area contributed by atoms with E-state index in [1.807, 2.05) is 31.7 Å². The molecular formula is C11H15ClO2Si. The van der Waals surface area contributed by atoms with Crippen molar-refractivity contribution >= 4 is 20.2 Å². The fourth-order valence-electron chi connectivity index (χ4n) is 1.16. The molecule has 0 saturated heterocycles. The highest BCUT2D eigenvalue weighted by molar-refractivity contribution is 6.72. The Morgan fingerprint density at radius 2 is 2.13 bits per heavy atom. The average Bonchev–Trinajstić information content (AvgIpc) is 2.22. The standard InChI is InChI=1S/C11H15ClO2Si/c1-4-13-15(3,5-2)14-11-9-7-6-8-10(11)12/h5-9H,2,4H2,1,3H3. The molecule has 4 heteroatoms. The van der Waals surface area contributed by atoms with Crippen molar-refractivity contribution in [3.05, 3.63) is 41.6 Å². The minimum Gasteiger partial charge on any atom is -0.516 e. The molecule has 15 heavy (non-hydrogen) atoms. The molecule has 0 N–H and O–H groups in total. The summed E-state index contributed by atoms with van der Waals surface area (Å²) in [4.78, 5) is 0. The van der Waals surface area contributed by atoms with E-state index >= 15 is 0 Å². The molecule has 0 spiro atoms. The van der Waals surface area contributed by atoms with E-state index in [1.165, 1.54) is 0 Å². The molecule has 0 aliphatic carbocycles. The molecule has 1 rings (SSSR count). The highest BCUT2D eigenvalue weighted by Crippen LogP contribution is 2.26. The molecule has 1 atom stereocenters. The number of hydrogen-bond donors (Lipinski definition) is 0. The summed E-state index contributed by atoms with van der Waals surface area (Å²) in [6.45, 7) is 8.23. The van der Waals surface area contributed by atoms with Crippen LogP contribution in [-0.2, 0) is 4.43 Å². The van der Waals surface area contributed by atoms with Crippen LogP contribution in [0.5, 0.6) is 5.75 Å². The van der Waals surface area contributed by atoms with E-state index in [4.69, 9.17) is 20.5 Å². The van der Waals surface area contributed by atoms with Gasteiger partial charge < -0.3 is 8.85 Å². The molecule has 0 radical (unpaired) electrons. The van der Waals surface area contributed by atoms with Gasteiger partial charge in [-0.2, -0.15) is 0 Å². The smallest absolute Gasteiger partial charge is 0.422 e. The first-order valence-electron chi connectivity index (χ1n) is 4.82. The summed E-state index contributed by atoms with van der Waals surface area (Å²) in [7, 11) is -2.32. The van der Waals surface area contributed by atoms with Gasteiger partial charge in [0.25, 0.3) is 0 Å². The molecule has 0 aliphatic rings. The molecule has 2 nitrogen and oxygen atoms in total. The first kappa shape index (κ1) is 12.3. The average molecular weight is 243 g/mol. The minimum atomic E-state index is -2.32. The molecule has 1 aromatic rings. The first-order valence-corrected chi connectivity index (χ1v) is 7.59. The van der Waals surface area contributed by atoms with Crippen LogP contribution in [0, 0.1) is 0 Å². The third kappa shape index (κ3) is 3.37. The van der Waals surface area contributed by atoms with Crippen LogP contribution in [0.1, 0.15) is 6.92 Å². The minimum absolute atomic E-state index is 0.595. The van der Waals surface area contributed by atoms with Crippen LogP contribution in [0.3, 0.4) is 0 Å². The Labute approximate surface area is 96.7 Å². The molecule has 0 fully saturated rings. The Morgan fingerprint density at radius 3 is 2.67 bits per heavy atom. The summed E-state index contributed by atoms with van der Waals surface area (Å²) < 4.78 is 11.4. The Hall–Kier alpha value is -0.773. The van der Waals surface area contributed by atoms with Crippen LogP contribution in [0.15, 0.2) is 36.5 Å². The normalized spacial score (nSPS) is 14.3. The van der Waals surface area contributed by atoms with Gasteiger partial charge in [-0.15, -0.1) is 6.58 Å². The number of rotatable bonds is 5. The zero-order valence-corrected chi connectivity index (χ0v) is 10.8. The summed E-state index contributed by atoms with van der Waals surface area (Å²) in [6.07, 6.45) is 0. The first-order chi connectivity index (χ1) is 7.11. The van der Waals surface area contributed by atoms with Crippen LogP contribution in [0.2, 0.25) is 11.6 Å². The third-order valence-electron chi connectivity index (χ3n) is 1.95. The Bertz CT molecular complexity index is 343. The molecular weight excluding hydrogens is 228 g/mol. The quantitative estimate of drug-likeness (QED) is 0.736. The highest BCUT2D eigenvalue weighted by Gasteiger charge is 2.29. The second-order valence-corrected chi connectivity index (χ2v) is 6.53. The monoisotopic (exact) mass is 242 g/mol. The van der Waals surface area contributed by atoms with Crippen LogP contribution in [0.25, 0.3) is 0 Å². The SMILES string of the molecule is C=C[Si](C)(OCC)Oc1ccccc1Cl. The largest absolute Gasteiger partial charge is 0.516 e. The van der Waals surface area contributed by atoms with Gasteiger partial charge >= 0.3 is 8.56 Å². The molecule has 0 amide bonds. The Kier molecular flexibility index (Phi) is 4.39. The summed E-state index contributed by atoms with van der Waals surface area (Å²) in [5, 5.41) is 0.595. The van der Waals surface area contributed by atoms with Gasteiger partial charge in [0.1, 0.15) is 5.75 Å². The topological polar surface area (TPSA) is 18.5 Å². The second kappa shape index (κ2) is 5.35. The van der Waals surface area contributed by atoms with E-state index in [0.29, 0.717) is 17.4 Å². The fourth-order valence-corrected chi connectivity index (χ4v) is 2.85. The van der Waals surface area contributed by atoms with Gasteiger partial charge in [0, 0.05) is 6.61 Å². The van der Waals surface area contributed by atoms with Crippen LogP contribution >= 0.6 is 11.6 Å². The van der Waals surface area contributed by atoms with Gasteiger partial charge in [0.05, 0.1) is 5.02 Å². The lowest BCUT2D eigenvalue weighted by atomic mass is 10.3. The molecule has 0 heterocycles. The molecule has 0 bridgehead atoms. The number of halogens is 1. The van der Waals surface area contributed by atoms with E-state index < -0.39 is 8.56 Å². The maximum Gasteiger partial charge on any atom is 0.422 e. The zero-order chi connectivity index (χ0) is 11.3.